The molecule has 0 spiro atoms. The molecular formula is C21H24N4OS. The molecule has 0 saturated carbocycles. The first-order valence-corrected chi connectivity index (χ1v) is 9.99. The molecule has 0 aliphatic heterocycles. The normalized spacial score (nSPS) is 11.0. The molecule has 1 amide bonds. The number of benzene rings is 1. The topological polar surface area (TPSA) is 59.8 Å². The fourth-order valence-corrected chi connectivity index (χ4v) is 3.59. The maximum absolute atomic E-state index is 12.8. The van der Waals surface area contributed by atoms with Crippen molar-refractivity contribution < 1.29 is 4.79 Å². The number of rotatable bonds is 6. The van der Waals surface area contributed by atoms with Crippen molar-refractivity contribution in [3.8, 4) is 5.82 Å². The predicted molar refractivity (Wildman–Crippen MR) is 112 cm³/mol. The molecule has 3 aromatic rings. The Hall–Kier alpha value is -2.60. The van der Waals surface area contributed by atoms with Crippen LogP contribution >= 0.6 is 11.8 Å². The van der Waals surface area contributed by atoms with Gasteiger partial charge in [-0.15, -0.1) is 0 Å². The van der Waals surface area contributed by atoms with Crippen molar-refractivity contribution in [2.75, 3.05) is 5.32 Å². The molecule has 0 saturated heterocycles. The van der Waals surface area contributed by atoms with E-state index in [-0.39, 0.29) is 5.91 Å². The van der Waals surface area contributed by atoms with Gasteiger partial charge in [-0.05, 0) is 48.4 Å². The highest BCUT2D eigenvalue weighted by Gasteiger charge is 2.17. The Bertz CT molecular complexity index is 935. The lowest BCUT2D eigenvalue weighted by atomic mass is 10.1. The Labute approximate surface area is 164 Å². The third kappa shape index (κ3) is 4.39. The van der Waals surface area contributed by atoms with Crippen LogP contribution in [0.3, 0.4) is 0 Å². The van der Waals surface area contributed by atoms with E-state index in [1.165, 1.54) is 5.56 Å². The summed E-state index contributed by atoms with van der Waals surface area (Å²) in [5.74, 6) is 1.47. The highest BCUT2D eigenvalue weighted by atomic mass is 32.2. The lowest BCUT2D eigenvalue weighted by Crippen LogP contribution is -2.14. The molecule has 2 heterocycles. The highest BCUT2D eigenvalue weighted by Crippen LogP contribution is 2.25. The Morgan fingerprint density at radius 2 is 2.00 bits per heavy atom. The van der Waals surface area contributed by atoms with Crippen molar-refractivity contribution in [2.45, 2.75) is 38.7 Å². The summed E-state index contributed by atoms with van der Waals surface area (Å²) in [6, 6.07) is 11.7. The van der Waals surface area contributed by atoms with Gasteiger partial charge in [0.25, 0.3) is 5.91 Å². The summed E-state index contributed by atoms with van der Waals surface area (Å²) in [6.07, 6.45) is 3.30. The zero-order valence-corrected chi connectivity index (χ0v) is 16.9. The average Bonchev–Trinajstić information content (AvgIpc) is 3.04. The molecule has 140 valence electrons. The highest BCUT2D eigenvalue weighted by molar-refractivity contribution is 7.99. The van der Waals surface area contributed by atoms with Gasteiger partial charge in [0.1, 0.15) is 0 Å². The van der Waals surface area contributed by atoms with Gasteiger partial charge in [0.2, 0.25) is 0 Å². The minimum Gasteiger partial charge on any atom is -0.322 e. The van der Waals surface area contributed by atoms with Crippen molar-refractivity contribution in [2.24, 2.45) is 0 Å². The van der Waals surface area contributed by atoms with Crippen LogP contribution in [0.2, 0.25) is 0 Å². The zero-order chi connectivity index (χ0) is 19.4. The van der Waals surface area contributed by atoms with Gasteiger partial charge in [-0.1, -0.05) is 32.0 Å². The summed E-state index contributed by atoms with van der Waals surface area (Å²) >= 11 is 1.89. The van der Waals surface area contributed by atoms with E-state index in [9.17, 15) is 4.79 Å². The molecule has 5 nitrogen and oxygen atoms in total. The van der Waals surface area contributed by atoms with Crippen molar-refractivity contribution in [3.63, 3.8) is 0 Å². The number of amides is 1. The fourth-order valence-electron chi connectivity index (χ4n) is 2.76. The zero-order valence-electron chi connectivity index (χ0n) is 16.1. The van der Waals surface area contributed by atoms with E-state index in [1.807, 2.05) is 49.0 Å². The molecule has 3 rings (SSSR count). The Morgan fingerprint density at radius 1 is 1.19 bits per heavy atom. The molecule has 0 unspecified atom stereocenters. The molecule has 1 aromatic carbocycles. The quantitative estimate of drug-likeness (QED) is 0.669. The summed E-state index contributed by atoms with van der Waals surface area (Å²) in [6.45, 7) is 8.30. The smallest absolute Gasteiger partial charge is 0.259 e. The van der Waals surface area contributed by atoms with Crippen LogP contribution in [0.15, 0.2) is 48.8 Å². The van der Waals surface area contributed by atoms with Crippen LogP contribution < -0.4 is 5.32 Å². The molecular weight excluding hydrogens is 356 g/mol. The van der Waals surface area contributed by atoms with E-state index < -0.39 is 0 Å². The third-order valence-corrected chi connectivity index (χ3v) is 5.53. The number of aromatic nitrogens is 3. The van der Waals surface area contributed by atoms with Crippen LogP contribution in [-0.2, 0) is 5.75 Å². The summed E-state index contributed by atoms with van der Waals surface area (Å²) in [7, 11) is 0. The van der Waals surface area contributed by atoms with Crippen LogP contribution in [0.1, 0.15) is 41.0 Å². The number of anilines is 1. The lowest BCUT2D eigenvalue weighted by Gasteiger charge is -2.13. The standard InChI is InChI=1S/C21H24N4OS/c1-14(2)27-13-17-8-7-9-19(15(17)3)24-21(26)18-12-23-25(16(18)4)20-10-5-6-11-22-20/h5-12,14H,13H2,1-4H3,(H,24,26). The fraction of sp³-hybridized carbons (Fsp3) is 0.286. The van der Waals surface area contributed by atoms with Gasteiger partial charge in [-0.3, -0.25) is 4.79 Å². The first-order chi connectivity index (χ1) is 13.0. The number of nitrogens with zero attached hydrogens (tertiary/aromatic N) is 3. The monoisotopic (exact) mass is 380 g/mol. The third-order valence-electron chi connectivity index (χ3n) is 4.39. The molecule has 27 heavy (non-hydrogen) atoms. The van der Waals surface area contributed by atoms with Crippen LogP contribution in [0.4, 0.5) is 5.69 Å². The molecule has 1 N–H and O–H groups in total. The molecule has 0 aliphatic carbocycles. The van der Waals surface area contributed by atoms with Crippen molar-refractivity contribution in [1.29, 1.82) is 0 Å². The van der Waals surface area contributed by atoms with E-state index >= 15 is 0 Å². The minimum atomic E-state index is -0.161. The van der Waals surface area contributed by atoms with Gasteiger partial charge in [0, 0.05) is 17.6 Å². The first-order valence-electron chi connectivity index (χ1n) is 8.95. The molecule has 0 fully saturated rings. The maximum Gasteiger partial charge on any atom is 0.259 e. The number of pyridine rings is 1. The number of carbonyl (C=O) groups excluding carboxylic acids is 1. The second-order valence-electron chi connectivity index (χ2n) is 6.65. The summed E-state index contributed by atoms with van der Waals surface area (Å²) in [4.78, 5) is 17.1. The van der Waals surface area contributed by atoms with Gasteiger partial charge in [-0.25, -0.2) is 9.67 Å². The molecule has 0 bridgehead atoms. The number of hydrogen-bond acceptors (Lipinski definition) is 4. The predicted octanol–water partition coefficient (Wildman–Crippen LogP) is 4.78. The maximum atomic E-state index is 12.8. The van der Waals surface area contributed by atoms with Gasteiger partial charge in [0.05, 0.1) is 17.5 Å². The second kappa shape index (κ2) is 8.39. The summed E-state index contributed by atoms with van der Waals surface area (Å²) in [5.41, 5.74) is 4.49. The minimum absolute atomic E-state index is 0.161. The number of hydrogen-bond donors (Lipinski definition) is 1. The van der Waals surface area contributed by atoms with E-state index in [2.05, 4.69) is 42.2 Å². The number of thioether (sulfide) groups is 1. The van der Waals surface area contributed by atoms with Crippen LogP contribution in [0, 0.1) is 13.8 Å². The number of nitrogens with one attached hydrogen (secondary N) is 1. The molecule has 2 aromatic heterocycles. The molecule has 6 heteroatoms. The van der Waals surface area contributed by atoms with E-state index in [4.69, 9.17) is 0 Å². The Balaban J connectivity index is 1.80. The van der Waals surface area contributed by atoms with E-state index in [1.54, 1.807) is 17.1 Å². The Kier molecular flexibility index (Phi) is 5.96. The van der Waals surface area contributed by atoms with Gasteiger partial charge in [-0.2, -0.15) is 16.9 Å². The van der Waals surface area contributed by atoms with Crippen LogP contribution in [-0.4, -0.2) is 25.9 Å². The largest absolute Gasteiger partial charge is 0.322 e. The average molecular weight is 381 g/mol. The van der Waals surface area contributed by atoms with E-state index in [0.29, 0.717) is 16.6 Å². The van der Waals surface area contributed by atoms with Crippen molar-refractivity contribution in [1.82, 2.24) is 14.8 Å². The molecule has 0 aliphatic rings. The van der Waals surface area contributed by atoms with E-state index in [0.717, 1.165) is 22.7 Å². The lowest BCUT2D eigenvalue weighted by molar-refractivity contribution is 0.102. The van der Waals surface area contributed by atoms with Crippen molar-refractivity contribution >= 4 is 23.4 Å². The van der Waals surface area contributed by atoms with Gasteiger partial charge in [0.15, 0.2) is 5.82 Å². The Morgan fingerprint density at radius 3 is 2.70 bits per heavy atom. The van der Waals surface area contributed by atoms with Crippen LogP contribution in [0.5, 0.6) is 0 Å². The first kappa shape index (κ1) is 19.2. The van der Waals surface area contributed by atoms with Gasteiger partial charge >= 0.3 is 0 Å². The van der Waals surface area contributed by atoms with Gasteiger partial charge < -0.3 is 5.32 Å². The summed E-state index contributed by atoms with van der Waals surface area (Å²) in [5, 5.41) is 7.94. The number of carbonyl (C=O) groups is 1. The molecule has 0 atom stereocenters. The van der Waals surface area contributed by atoms with Crippen molar-refractivity contribution in [3.05, 3.63) is 71.2 Å². The SMILES string of the molecule is Cc1c(CSC(C)C)cccc1NC(=O)c1cnn(-c2ccccn2)c1C. The summed E-state index contributed by atoms with van der Waals surface area (Å²) < 4.78 is 1.68. The molecule has 0 radical (unpaired) electrons. The second-order valence-corrected chi connectivity index (χ2v) is 8.21. The van der Waals surface area contributed by atoms with Crippen LogP contribution in [0.25, 0.3) is 5.82 Å².